The number of aromatic nitrogens is 3. The largest absolute Gasteiger partial charge is 0.328 e. The van der Waals surface area contributed by atoms with E-state index < -0.39 is 0 Å². The Hall–Kier alpha value is -2.43. The van der Waals surface area contributed by atoms with Crippen LogP contribution in [0.2, 0.25) is 0 Å². The summed E-state index contributed by atoms with van der Waals surface area (Å²) in [6.07, 6.45) is 3.03. The maximum Gasteiger partial charge on any atom is 0.226 e. The summed E-state index contributed by atoms with van der Waals surface area (Å²) in [7, 11) is 0. The van der Waals surface area contributed by atoms with Crippen LogP contribution < -0.4 is 5.32 Å². The lowest BCUT2D eigenvalue weighted by atomic mass is 9.81. The molecule has 0 spiro atoms. The van der Waals surface area contributed by atoms with E-state index >= 15 is 0 Å². The number of nitrogens with one attached hydrogen (secondary N) is 1. The molecule has 2 aromatic rings. The number of ketones is 1. The number of nitrogens with zero attached hydrogens (tertiary/aromatic N) is 3. The van der Waals surface area contributed by atoms with Crippen molar-refractivity contribution in [1.29, 1.82) is 0 Å². The van der Waals surface area contributed by atoms with Crippen molar-refractivity contribution in [3.05, 3.63) is 53.0 Å². The van der Waals surface area contributed by atoms with Gasteiger partial charge in [0.25, 0.3) is 0 Å². The first-order valence-electron chi connectivity index (χ1n) is 7.63. The van der Waals surface area contributed by atoms with Gasteiger partial charge in [0, 0.05) is 17.7 Å². The molecule has 1 aliphatic heterocycles. The van der Waals surface area contributed by atoms with E-state index in [-0.39, 0.29) is 11.8 Å². The maximum atomic E-state index is 12.7. The van der Waals surface area contributed by atoms with E-state index in [4.69, 9.17) is 0 Å². The third-order valence-electron chi connectivity index (χ3n) is 4.46. The van der Waals surface area contributed by atoms with E-state index in [0.717, 1.165) is 23.3 Å². The van der Waals surface area contributed by atoms with Crippen LogP contribution in [0.3, 0.4) is 0 Å². The minimum absolute atomic E-state index is 0.172. The fourth-order valence-corrected chi connectivity index (χ4v) is 3.40. The first-order valence-corrected chi connectivity index (χ1v) is 7.63. The molecule has 1 aromatic heterocycles. The van der Waals surface area contributed by atoms with Gasteiger partial charge in [0.1, 0.15) is 12.4 Å². The topological polar surface area (TPSA) is 59.8 Å². The third kappa shape index (κ3) is 1.96. The van der Waals surface area contributed by atoms with Crippen LogP contribution in [0.1, 0.15) is 36.9 Å². The number of Topliss-reactive ketones (excluding diaryl/α,β-unsaturated/α-hetero) is 1. The zero-order valence-corrected chi connectivity index (χ0v) is 12.7. The number of hydrogen-bond donors (Lipinski definition) is 1. The van der Waals surface area contributed by atoms with Gasteiger partial charge in [0.2, 0.25) is 5.95 Å². The smallest absolute Gasteiger partial charge is 0.226 e. The van der Waals surface area contributed by atoms with Crippen molar-refractivity contribution >= 4 is 11.7 Å². The fourth-order valence-electron chi connectivity index (χ4n) is 3.40. The molecule has 0 fully saturated rings. The SMILES string of the molecule is Cc1ccc([C@@H]2C3=C(C[C@@H](C)CC3=O)Nc3ncnn32)cc1. The number of rotatable bonds is 1. The van der Waals surface area contributed by atoms with Crippen LogP contribution >= 0.6 is 0 Å². The molecule has 5 nitrogen and oxygen atoms in total. The van der Waals surface area contributed by atoms with Crippen molar-refractivity contribution in [2.45, 2.75) is 32.7 Å². The van der Waals surface area contributed by atoms with E-state index in [9.17, 15) is 4.79 Å². The molecular formula is C17H18N4O. The van der Waals surface area contributed by atoms with E-state index in [1.165, 1.54) is 11.9 Å². The van der Waals surface area contributed by atoms with Crippen LogP contribution in [-0.4, -0.2) is 20.5 Å². The van der Waals surface area contributed by atoms with E-state index in [2.05, 4.69) is 53.5 Å². The molecule has 2 heterocycles. The predicted octanol–water partition coefficient (Wildman–Crippen LogP) is 2.85. The summed E-state index contributed by atoms with van der Waals surface area (Å²) >= 11 is 0. The van der Waals surface area contributed by atoms with Gasteiger partial charge >= 0.3 is 0 Å². The van der Waals surface area contributed by atoms with Crippen LogP contribution in [-0.2, 0) is 4.79 Å². The highest BCUT2D eigenvalue weighted by Gasteiger charge is 2.37. The van der Waals surface area contributed by atoms with E-state index in [1.54, 1.807) is 0 Å². The summed E-state index contributed by atoms with van der Waals surface area (Å²) in [5, 5.41) is 7.64. The Balaban J connectivity index is 1.89. The summed E-state index contributed by atoms with van der Waals surface area (Å²) in [5.41, 5.74) is 4.14. The second-order valence-corrected chi connectivity index (χ2v) is 6.30. The van der Waals surface area contributed by atoms with Crippen molar-refractivity contribution in [2.75, 3.05) is 5.32 Å². The van der Waals surface area contributed by atoms with Crippen molar-refractivity contribution in [1.82, 2.24) is 14.8 Å². The molecular weight excluding hydrogens is 276 g/mol. The van der Waals surface area contributed by atoms with E-state index in [1.807, 2.05) is 4.68 Å². The van der Waals surface area contributed by atoms with Gasteiger partial charge in [0.15, 0.2) is 5.78 Å². The van der Waals surface area contributed by atoms with Gasteiger partial charge in [0.05, 0.1) is 0 Å². The molecule has 1 aromatic carbocycles. The van der Waals surface area contributed by atoms with Crippen molar-refractivity contribution in [3.8, 4) is 0 Å². The molecule has 22 heavy (non-hydrogen) atoms. The zero-order chi connectivity index (χ0) is 15.3. The third-order valence-corrected chi connectivity index (χ3v) is 4.46. The lowest BCUT2D eigenvalue weighted by Gasteiger charge is -2.34. The lowest BCUT2D eigenvalue weighted by molar-refractivity contribution is -0.117. The molecule has 2 aliphatic rings. The van der Waals surface area contributed by atoms with Gasteiger partial charge < -0.3 is 5.32 Å². The van der Waals surface area contributed by atoms with Gasteiger partial charge in [-0.25, -0.2) is 4.68 Å². The minimum Gasteiger partial charge on any atom is -0.328 e. The molecule has 1 N–H and O–H groups in total. The Morgan fingerprint density at radius 2 is 2.00 bits per heavy atom. The monoisotopic (exact) mass is 294 g/mol. The van der Waals surface area contributed by atoms with Crippen LogP contribution in [0.5, 0.6) is 0 Å². The number of fused-ring (bicyclic) bond motifs is 1. The van der Waals surface area contributed by atoms with Crippen LogP contribution in [0, 0.1) is 12.8 Å². The fraction of sp³-hybridized carbons (Fsp3) is 0.353. The molecule has 2 atom stereocenters. The second kappa shape index (κ2) is 4.80. The standard InChI is InChI=1S/C17H18N4O/c1-10-3-5-12(6-4-10)16-15-13(7-11(2)8-14(15)22)20-17-18-9-19-21(16)17/h3-6,9,11,16H,7-8H2,1-2H3,(H,18,19,20)/t11-,16-/m1/s1. The number of benzene rings is 1. The molecule has 0 bridgehead atoms. The Morgan fingerprint density at radius 1 is 1.23 bits per heavy atom. The van der Waals surface area contributed by atoms with Gasteiger partial charge in [-0.1, -0.05) is 36.8 Å². The zero-order valence-electron chi connectivity index (χ0n) is 12.7. The number of aryl methyl sites for hydroxylation is 1. The Kier molecular flexibility index (Phi) is 2.89. The summed E-state index contributed by atoms with van der Waals surface area (Å²) in [6.45, 7) is 4.18. The molecule has 0 amide bonds. The predicted molar refractivity (Wildman–Crippen MR) is 83.4 cm³/mol. The number of carbonyl (C=O) groups excluding carboxylic acids is 1. The summed E-state index contributed by atoms with van der Waals surface area (Å²) in [4.78, 5) is 16.9. The quantitative estimate of drug-likeness (QED) is 0.878. The highest BCUT2D eigenvalue weighted by molar-refractivity contribution is 5.99. The summed E-state index contributed by atoms with van der Waals surface area (Å²) in [5.74, 6) is 1.30. The first-order chi connectivity index (χ1) is 10.6. The van der Waals surface area contributed by atoms with Gasteiger partial charge in [-0.05, 0) is 24.8 Å². The number of hydrogen-bond acceptors (Lipinski definition) is 4. The maximum absolute atomic E-state index is 12.7. The summed E-state index contributed by atoms with van der Waals surface area (Å²) < 4.78 is 1.82. The normalized spacial score (nSPS) is 23.8. The summed E-state index contributed by atoms with van der Waals surface area (Å²) in [6, 6.07) is 8.13. The molecule has 0 saturated heterocycles. The Labute approximate surface area is 129 Å². The van der Waals surface area contributed by atoms with Crippen molar-refractivity contribution in [2.24, 2.45) is 5.92 Å². The van der Waals surface area contributed by atoms with Crippen LogP contribution in [0.15, 0.2) is 41.9 Å². The second-order valence-electron chi connectivity index (χ2n) is 6.30. The molecule has 5 heteroatoms. The average Bonchev–Trinajstić information content (AvgIpc) is 2.93. The highest BCUT2D eigenvalue weighted by Crippen LogP contribution is 2.40. The van der Waals surface area contributed by atoms with Crippen LogP contribution in [0.25, 0.3) is 0 Å². The van der Waals surface area contributed by atoms with Gasteiger partial charge in [-0.2, -0.15) is 10.1 Å². The number of carbonyl (C=O) groups is 1. The molecule has 0 saturated carbocycles. The lowest BCUT2D eigenvalue weighted by Crippen LogP contribution is -2.33. The first kappa shape index (κ1) is 13.2. The number of anilines is 1. The molecule has 1 aliphatic carbocycles. The van der Waals surface area contributed by atoms with Gasteiger partial charge in [-0.3, -0.25) is 4.79 Å². The van der Waals surface area contributed by atoms with Gasteiger partial charge in [-0.15, -0.1) is 0 Å². The van der Waals surface area contributed by atoms with Crippen LogP contribution in [0.4, 0.5) is 5.95 Å². The minimum atomic E-state index is -0.172. The van der Waals surface area contributed by atoms with Crippen molar-refractivity contribution < 1.29 is 4.79 Å². The van der Waals surface area contributed by atoms with E-state index in [0.29, 0.717) is 18.3 Å². The Morgan fingerprint density at radius 3 is 2.77 bits per heavy atom. The Bertz CT molecular complexity index is 772. The molecule has 0 unspecified atom stereocenters. The average molecular weight is 294 g/mol. The molecule has 0 radical (unpaired) electrons. The molecule has 112 valence electrons. The highest BCUT2D eigenvalue weighted by atomic mass is 16.1. The molecule has 4 rings (SSSR count). The number of allylic oxidation sites excluding steroid dienone is 2. The van der Waals surface area contributed by atoms with Crippen molar-refractivity contribution in [3.63, 3.8) is 0 Å².